The zero-order valence-corrected chi connectivity index (χ0v) is 18.1. The molecule has 0 amide bonds. The number of aliphatic imine (C=N–C) groups is 1. The van der Waals surface area contributed by atoms with E-state index in [0.717, 1.165) is 62.1 Å². The first-order chi connectivity index (χ1) is 14.7. The fraction of sp³-hybridized carbons (Fsp3) is 0.478. The van der Waals surface area contributed by atoms with Crippen LogP contribution in [0.3, 0.4) is 0 Å². The van der Waals surface area contributed by atoms with Gasteiger partial charge in [-0.15, -0.1) is 0 Å². The van der Waals surface area contributed by atoms with Gasteiger partial charge >= 0.3 is 0 Å². The minimum atomic E-state index is 0.372. The van der Waals surface area contributed by atoms with E-state index in [9.17, 15) is 0 Å². The Morgan fingerprint density at radius 3 is 2.43 bits per heavy atom. The average Bonchev–Trinajstić information content (AvgIpc) is 2.79. The number of nitrogens with one attached hydrogen (secondary N) is 1. The van der Waals surface area contributed by atoms with E-state index in [-0.39, 0.29) is 0 Å². The molecule has 1 saturated heterocycles. The summed E-state index contributed by atoms with van der Waals surface area (Å²) in [6.45, 7) is 8.27. The van der Waals surface area contributed by atoms with Crippen LogP contribution in [-0.4, -0.2) is 55.3 Å². The van der Waals surface area contributed by atoms with Gasteiger partial charge in [0.15, 0.2) is 5.96 Å². The lowest BCUT2D eigenvalue weighted by atomic mass is 10.1. The van der Waals surface area contributed by atoms with E-state index in [1.165, 1.54) is 0 Å². The number of benzene rings is 1. The number of guanidine groups is 1. The van der Waals surface area contributed by atoms with Crippen molar-refractivity contribution < 1.29 is 14.2 Å². The Labute approximate surface area is 179 Å². The molecule has 1 aromatic carbocycles. The van der Waals surface area contributed by atoms with Gasteiger partial charge in [0.2, 0.25) is 5.88 Å². The molecule has 2 heterocycles. The van der Waals surface area contributed by atoms with E-state index >= 15 is 0 Å². The van der Waals surface area contributed by atoms with Crippen molar-refractivity contribution in [3.8, 4) is 17.4 Å². The number of ether oxygens (including phenoxy) is 3. The fourth-order valence-electron chi connectivity index (χ4n) is 3.39. The van der Waals surface area contributed by atoms with Crippen molar-refractivity contribution in [3.05, 3.63) is 48.2 Å². The molecule has 7 nitrogen and oxygen atoms in total. The molecule has 30 heavy (non-hydrogen) atoms. The van der Waals surface area contributed by atoms with Gasteiger partial charge in [0.1, 0.15) is 11.5 Å². The molecule has 0 unspecified atom stereocenters. The third-order valence-corrected chi connectivity index (χ3v) is 4.97. The number of rotatable bonds is 8. The van der Waals surface area contributed by atoms with Crippen LogP contribution in [0.1, 0.15) is 32.3 Å². The third kappa shape index (κ3) is 6.35. The highest BCUT2D eigenvalue weighted by Gasteiger charge is 2.21. The van der Waals surface area contributed by atoms with Crippen molar-refractivity contribution in [1.82, 2.24) is 15.2 Å². The number of aromatic nitrogens is 1. The molecule has 0 saturated carbocycles. The summed E-state index contributed by atoms with van der Waals surface area (Å²) in [5, 5.41) is 3.40. The van der Waals surface area contributed by atoms with Gasteiger partial charge in [0, 0.05) is 38.5 Å². The lowest BCUT2D eigenvalue weighted by molar-refractivity contribution is 0.0263. The fourth-order valence-corrected chi connectivity index (χ4v) is 3.39. The molecule has 0 bridgehead atoms. The molecule has 3 rings (SSSR count). The molecular weight excluding hydrogens is 380 g/mol. The molecule has 1 fully saturated rings. The van der Waals surface area contributed by atoms with Gasteiger partial charge in [-0.25, -0.2) is 9.98 Å². The summed E-state index contributed by atoms with van der Waals surface area (Å²) in [6, 6.07) is 11.3. The molecule has 1 aliphatic heterocycles. The maximum Gasteiger partial charge on any atom is 0.219 e. The third-order valence-electron chi connectivity index (χ3n) is 4.97. The van der Waals surface area contributed by atoms with Crippen molar-refractivity contribution in [1.29, 1.82) is 0 Å². The molecule has 7 heteroatoms. The summed E-state index contributed by atoms with van der Waals surface area (Å²) in [5.41, 5.74) is 1.04. The second-order valence-corrected chi connectivity index (χ2v) is 7.09. The number of piperidine rings is 1. The number of likely N-dealkylation sites (tertiary alicyclic amines) is 1. The van der Waals surface area contributed by atoms with Crippen LogP contribution in [0.4, 0.5) is 0 Å². The predicted octanol–water partition coefficient (Wildman–Crippen LogP) is 3.85. The Hall–Kier alpha value is -2.80. The van der Waals surface area contributed by atoms with E-state index in [1.807, 2.05) is 42.6 Å². The van der Waals surface area contributed by atoms with Gasteiger partial charge in [-0.2, -0.15) is 0 Å². The Balaban J connectivity index is 1.56. The van der Waals surface area contributed by atoms with Crippen molar-refractivity contribution in [2.24, 2.45) is 4.99 Å². The topological polar surface area (TPSA) is 68.2 Å². The molecule has 1 N–H and O–H groups in total. The number of hydrogen-bond acceptors (Lipinski definition) is 5. The van der Waals surface area contributed by atoms with Gasteiger partial charge in [-0.05, 0) is 56.5 Å². The maximum absolute atomic E-state index is 5.79. The number of pyridine rings is 1. The van der Waals surface area contributed by atoms with Gasteiger partial charge in [0.05, 0.1) is 19.8 Å². The Kier molecular flexibility index (Phi) is 8.32. The monoisotopic (exact) mass is 412 g/mol. The average molecular weight is 413 g/mol. The van der Waals surface area contributed by atoms with Crippen LogP contribution in [0.25, 0.3) is 0 Å². The molecule has 1 aromatic heterocycles. The predicted molar refractivity (Wildman–Crippen MR) is 118 cm³/mol. The maximum atomic E-state index is 5.79. The quantitative estimate of drug-likeness (QED) is 0.525. The van der Waals surface area contributed by atoms with E-state index in [2.05, 4.69) is 29.0 Å². The second kappa shape index (κ2) is 11.4. The summed E-state index contributed by atoms with van der Waals surface area (Å²) >= 11 is 0. The van der Waals surface area contributed by atoms with Gasteiger partial charge in [0.25, 0.3) is 0 Å². The van der Waals surface area contributed by atoms with Crippen molar-refractivity contribution in [2.45, 2.75) is 39.3 Å². The highest BCUT2D eigenvalue weighted by atomic mass is 16.5. The molecule has 2 aromatic rings. The van der Waals surface area contributed by atoms with Crippen LogP contribution in [0.2, 0.25) is 0 Å². The number of nitrogens with zero attached hydrogens (tertiary/aromatic N) is 3. The second-order valence-electron chi connectivity index (χ2n) is 7.09. The molecular formula is C23H32N4O3. The van der Waals surface area contributed by atoms with Crippen LogP contribution < -0.4 is 14.8 Å². The van der Waals surface area contributed by atoms with Gasteiger partial charge in [-0.3, -0.25) is 0 Å². The first kappa shape index (κ1) is 21.9. The lowest BCUT2D eigenvalue weighted by Crippen LogP contribution is -2.47. The van der Waals surface area contributed by atoms with Gasteiger partial charge < -0.3 is 24.4 Å². The van der Waals surface area contributed by atoms with Crippen LogP contribution in [0.15, 0.2) is 47.6 Å². The van der Waals surface area contributed by atoms with E-state index < -0.39 is 0 Å². The zero-order valence-electron chi connectivity index (χ0n) is 18.1. The van der Waals surface area contributed by atoms with E-state index in [1.54, 1.807) is 7.11 Å². The SMILES string of the molecule is CCNC(=NCc1ccc(Oc2ccc(OC)cc2)nc1)N1CCC(OCC)CC1. The zero-order chi connectivity index (χ0) is 21.2. The smallest absolute Gasteiger partial charge is 0.219 e. The lowest BCUT2D eigenvalue weighted by Gasteiger charge is -2.34. The molecule has 0 aliphatic carbocycles. The largest absolute Gasteiger partial charge is 0.497 e. The van der Waals surface area contributed by atoms with Crippen molar-refractivity contribution in [3.63, 3.8) is 0 Å². The summed E-state index contributed by atoms with van der Waals surface area (Å²) in [4.78, 5) is 11.5. The van der Waals surface area contributed by atoms with Crippen LogP contribution >= 0.6 is 0 Å². The minimum absolute atomic E-state index is 0.372. The summed E-state index contributed by atoms with van der Waals surface area (Å²) in [6.07, 6.45) is 4.26. The summed E-state index contributed by atoms with van der Waals surface area (Å²) < 4.78 is 16.7. The molecule has 0 spiro atoms. The normalized spacial score (nSPS) is 15.2. The Morgan fingerprint density at radius 1 is 1.10 bits per heavy atom. The molecule has 162 valence electrons. The molecule has 0 radical (unpaired) electrons. The first-order valence-corrected chi connectivity index (χ1v) is 10.6. The number of methoxy groups -OCH3 is 1. The number of hydrogen-bond donors (Lipinski definition) is 1. The Bertz CT molecular complexity index is 785. The van der Waals surface area contributed by atoms with Crippen LogP contribution in [0.5, 0.6) is 17.4 Å². The van der Waals surface area contributed by atoms with Gasteiger partial charge in [-0.1, -0.05) is 6.07 Å². The first-order valence-electron chi connectivity index (χ1n) is 10.6. The van der Waals surface area contributed by atoms with E-state index in [0.29, 0.717) is 18.5 Å². The van der Waals surface area contributed by atoms with Crippen molar-refractivity contribution >= 4 is 5.96 Å². The minimum Gasteiger partial charge on any atom is -0.497 e. The highest BCUT2D eigenvalue weighted by Crippen LogP contribution is 2.22. The van der Waals surface area contributed by atoms with E-state index in [4.69, 9.17) is 19.2 Å². The molecule has 0 atom stereocenters. The standard InChI is InChI=1S/C23H32N4O3/c1-4-24-23(27-14-12-20(13-15-27)29-5-2)26-17-18-6-11-22(25-16-18)30-21-9-7-19(28-3)8-10-21/h6-11,16,20H,4-5,12-15,17H2,1-3H3,(H,24,26). The highest BCUT2D eigenvalue weighted by molar-refractivity contribution is 5.80. The van der Waals surface area contributed by atoms with Crippen molar-refractivity contribution in [2.75, 3.05) is 33.4 Å². The Morgan fingerprint density at radius 2 is 1.83 bits per heavy atom. The molecule has 1 aliphatic rings. The summed E-state index contributed by atoms with van der Waals surface area (Å²) in [7, 11) is 1.64. The summed E-state index contributed by atoms with van der Waals surface area (Å²) in [5.74, 6) is 3.02. The van der Waals surface area contributed by atoms with Crippen LogP contribution in [0, 0.1) is 0 Å². The van der Waals surface area contributed by atoms with Crippen LogP contribution in [-0.2, 0) is 11.3 Å².